The van der Waals surface area contributed by atoms with Crippen LogP contribution in [0.3, 0.4) is 0 Å². The molecule has 3 heterocycles. The lowest BCUT2D eigenvalue weighted by molar-refractivity contribution is -0.126. The van der Waals surface area contributed by atoms with Gasteiger partial charge in [-0.15, -0.1) is 0 Å². The van der Waals surface area contributed by atoms with Crippen molar-refractivity contribution in [3.8, 4) is 5.69 Å². The maximum absolute atomic E-state index is 12.7. The zero-order valence-corrected chi connectivity index (χ0v) is 18.3. The average molecular weight is 419 g/mol. The number of hydrogen-bond donors (Lipinski definition) is 1. The van der Waals surface area contributed by atoms with Crippen LogP contribution in [0.2, 0.25) is 0 Å². The molecule has 162 valence electrons. The normalized spacial score (nSPS) is 19.8. The molecule has 0 spiro atoms. The van der Waals surface area contributed by atoms with Crippen molar-refractivity contribution in [2.75, 3.05) is 31.2 Å². The molecule has 1 aromatic heterocycles. The second-order valence-corrected chi connectivity index (χ2v) is 8.84. The van der Waals surface area contributed by atoms with Gasteiger partial charge in [0.2, 0.25) is 11.9 Å². The molecule has 5 rings (SSSR count). The van der Waals surface area contributed by atoms with Gasteiger partial charge in [0, 0.05) is 31.3 Å². The third kappa shape index (κ3) is 3.92. The molecule has 1 N–H and O–H groups in total. The van der Waals surface area contributed by atoms with Gasteiger partial charge in [0.15, 0.2) is 0 Å². The first-order chi connectivity index (χ1) is 15.1. The van der Waals surface area contributed by atoms with E-state index in [1.54, 1.807) is 0 Å². The van der Waals surface area contributed by atoms with Gasteiger partial charge in [0.1, 0.15) is 0 Å². The Morgan fingerprint density at radius 2 is 1.81 bits per heavy atom. The Morgan fingerprint density at radius 3 is 2.52 bits per heavy atom. The minimum Gasteiger partial charge on any atom is -0.379 e. The number of para-hydroxylation sites is 1. The second kappa shape index (κ2) is 8.35. The summed E-state index contributed by atoms with van der Waals surface area (Å²) in [6, 6.07) is 15.0. The van der Waals surface area contributed by atoms with Gasteiger partial charge in [-0.1, -0.05) is 18.2 Å². The van der Waals surface area contributed by atoms with E-state index in [1.807, 2.05) is 6.07 Å². The van der Waals surface area contributed by atoms with Gasteiger partial charge in [-0.25, -0.2) is 4.98 Å². The van der Waals surface area contributed by atoms with Crippen LogP contribution >= 0.6 is 0 Å². The van der Waals surface area contributed by atoms with E-state index < -0.39 is 0 Å². The lowest BCUT2D eigenvalue weighted by Gasteiger charge is -2.32. The molecular weight excluding hydrogens is 388 g/mol. The van der Waals surface area contributed by atoms with Gasteiger partial charge in [0.25, 0.3) is 0 Å². The van der Waals surface area contributed by atoms with Crippen molar-refractivity contribution in [3.05, 3.63) is 53.6 Å². The molecule has 2 aromatic carbocycles. The van der Waals surface area contributed by atoms with Gasteiger partial charge in [-0.2, -0.15) is 0 Å². The van der Waals surface area contributed by atoms with Crippen LogP contribution in [0.15, 0.2) is 42.5 Å². The molecular formula is C25H30N4O2. The number of imidazole rings is 1. The van der Waals surface area contributed by atoms with Gasteiger partial charge >= 0.3 is 0 Å². The second-order valence-electron chi connectivity index (χ2n) is 8.84. The number of nitrogens with one attached hydrogen (secondary N) is 1. The number of nitrogens with zero attached hydrogens (tertiary/aromatic N) is 3. The number of aromatic nitrogens is 2. The summed E-state index contributed by atoms with van der Waals surface area (Å²) in [6.07, 6.45) is 2.61. The van der Waals surface area contributed by atoms with Crippen molar-refractivity contribution < 1.29 is 9.53 Å². The molecule has 1 amide bonds. The van der Waals surface area contributed by atoms with Crippen LogP contribution < -0.4 is 10.2 Å². The Labute approximate surface area is 183 Å². The Kier molecular flexibility index (Phi) is 5.40. The number of hydrogen-bond acceptors (Lipinski definition) is 4. The molecule has 0 radical (unpaired) electrons. The van der Waals surface area contributed by atoms with Crippen molar-refractivity contribution in [2.45, 2.75) is 39.2 Å². The number of carbonyl (C=O) groups excluding carboxylic acids is 1. The van der Waals surface area contributed by atoms with E-state index in [0.717, 1.165) is 61.6 Å². The third-order valence-electron chi connectivity index (χ3n) is 6.69. The minimum atomic E-state index is 0.0656. The first kappa shape index (κ1) is 20.1. The van der Waals surface area contributed by atoms with E-state index in [-0.39, 0.29) is 17.9 Å². The summed E-state index contributed by atoms with van der Waals surface area (Å²) >= 11 is 0. The SMILES string of the molecule is Cc1cc2nc(N3CCC(C(=O)NC4CCOC4)CC3)n(-c3ccccc3)c2cc1C. The number of piperidine rings is 1. The maximum atomic E-state index is 12.7. The predicted octanol–water partition coefficient (Wildman–Crippen LogP) is 3.76. The van der Waals surface area contributed by atoms with E-state index in [0.29, 0.717) is 6.61 Å². The quantitative estimate of drug-likeness (QED) is 0.701. The van der Waals surface area contributed by atoms with E-state index >= 15 is 0 Å². The fraction of sp³-hybridized carbons (Fsp3) is 0.440. The van der Waals surface area contributed by atoms with Gasteiger partial charge in [0.05, 0.1) is 23.7 Å². The van der Waals surface area contributed by atoms with Crippen molar-refractivity contribution in [2.24, 2.45) is 5.92 Å². The fourth-order valence-corrected chi connectivity index (χ4v) is 4.67. The molecule has 0 bridgehead atoms. The zero-order valence-electron chi connectivity index (χ0n) is 18.3. The maximum Gasteiger partial charge on any atom is 0.223 e. The fourth-order valence-electron chi connectivity index (χ4n) is 4.67. The van der Waals surface area contributed by atoms with Crippen molar-refractivity contribution in [3.63, 3.8) is 0 Å². The predicted molar refractivity (Wildman–Crippen MR) is 123 cm³/mol. The Bertz CT molecular complexity index is 1080. The summed E-state index contributed by atoms with van der Waals surface area (Å²) in [4.78, 5) is 20.1. The zero-order chi connectivity index (χ0) is 21.4. The van der Waals surface area contributed by atoms with Crippen LogP contribution in [0, 0.1) is 19.8 Å². The molecule has 3 aromatic rings. The van der Waals surface area contributed by atoms with Crippen LogP contribution in [0.25, 0.3) is 16.7 Å². The number of rotatable bonds is 4. The number of fused-ring (bicyclic) bond motifs is 1. The highest BCUT2D eigenvalue weighted by Gasteiger charge is 2.30. The molecule has 2 aliphatic rings. The summed E-state index contributed by atoms with van der Waals surface area (Å²) < 4.78 is 7.65. The average Bonchev–Trinajstić information content (AvgIpc) is 3.42. The number of amides is 1. The highest BCUT2D eigenvalue weighted by molar-refractivity contribution is 5.83. The van der Waals surface area contributed by atoms with Crippen molar-refractivity contribution in [1.82, 2.24) is 14.9 Å². The summed E-state index contributed by atoms with van der Waals surface area (Å²) in [5.41, 5.74) is 5.78. The molecule has 31 heavy (non-hydrogen) atoms. The minimum absolute atomic E-state index is 0.0656. The largest absolute Gasteiger partial charge is 0.379 e. The summed E-state index contributed by atoms with van der Waals surface area (Å²) in [6.45, 7) is 7.33. The first-order valence-electron chi connectivity index (χ1n) is 11.3. The summed E-state index contributed by atoms with van der Waals surface area (Å²) in [7, 11) is 0. The van der Waals surface area contributed by atoms with Crippen LogP contribution in [-0.2, 0) is 9.53 Å². The van der Waals surface area contributed by atoms with Crippen LogP contribution in [0.4, 0.5) is 5.95 Å². The van der Waals surface area contributed by atoms with Crippen molar-refractivity contribution in [1.29, 1.82) is 0 Å². The lowest BCUT2D eigenvalue weighted by atomic mass is 9.95. The van der Waals surface area contributed by atoms with Crippen molar-refractivity contribution >= 4 is 22.9 Å². The molecule has 0 saturated carbocycles. The van der Waals surface area contributed by atoms with E-state index in [2.05, 4.69) is 65.0 Å². The molecule has 0 aliphatic carbocycles. The molecule has 6 nitrogen and oxygen atoms in total. The topological polar surface area (TPSA) is 59.4 Å². The number of aryl methyl sites for hydroxylation is 2. The van der Waals surface area contributed by atoms with Crippen LogP contribution in [0.1, 0.15) is 30.4 Å². The number of benzene rings is 2. The Balaban J connectivity index is 1.41. The standard InChI is InChI=1S/C25H30N4O2/c1-17-14-22-23(15-18(17)2)29(21-6-4-3-5-7-21)25(27-22)28-11-8-19(9-12-28)24(30)26-20-10-13-31-16-20/h3-7,14-15,19-20H,8-13,16H2,1-2H3,(H,26,30). The number of carbonyl (C=O) groups is 1. The third-order valence-corrected chi connectivity index (χ3v) is 6.69. The van der Waals surface area contributed by atoms with E-state index in [1.165, 1.54) is 11.1 Å². The smallest absolute Gasteiger partial charge is 0.223 e. The number of anilines is 1. The lowest BCUT2D eigenvalue weighted by Crippen LogP contribution is -2.44. The Morgan fingerprint density at radius 1 is 1.06 bits per heavy atom. The van der Waals surface area contributed by atoms with E-state index in [4.69, 9.17) is 9.72 Å². The van der Waals surface area contributed by atoms with Gasteiger partial charge in [-0.05, 0) is 68.5 Å². The van der Waals surface area contributed by atoms with Crippen LogP contribution in [-0.4, -0.2) is 47.8 Å². The molecule has 6 heteroatoms. The summed E-state index contributed by atoms with van der Waals surface area (Å²) in [5.74, 6) is 1.21. The highest BCUT2D eigenvalue weighted by atomic mass is 16.5. The molecule has 2 fully saturated rings. The summed E-state index contributed by atoms with van der Waals surface area (Å²) in [5, 5.41) is 3.17. The number of ether oxygens (including phenoxy) is 1. The van der Waals surface area contributed by atoms with Gasteiger partial charge in [-0.3, -0.25) is 9.36 Å². The molecule has 1 atom stereocenters. The van der Waals surface area contributed by atoms with Crippen LogP contribution in [0.5, 0.6) is 0 Å². The highest BCUT2D eigenvalue weighted by Crippen LogP contribution is 2.31. The first-order valence-corrected chi connectivity index (χ1v) is 11.3. The Hall–Kier alpha value is -2.86. The molecule has 2 saturated heterocycles. The van der Waals surface area contributed by atoms with Gasteiger partial charge < -0.3 is 15.0 Å². The van der Waals surface area contributed by atoms with E-state index in [9.17, 15) is 4.79 Å². The molecule has 1 unspecified atom stereocenters. The molecule has 2 aliphatic heterocycles. The monoisotopic (exact) mass is 418 g/mol.